The lowest BCUT2D eigenvalue weighted by molar-refractivity contribution is 0.0969. The normalized spacial score (nSPS) is 10.3. The Morgan fingerprint density at radius 1 is 1.45 bits per heavy atom. The van der Waals surface area contributed by atoms with Crippen molar-refractivity contribution in [3.05, 3.63) is 58.0 Å². The number of carbonyl (C=O) groups is 1. The van der Waals surface area contributed by atoms with Gasteiger partial charge in [0, 0.05) is 18.0 Å². The van der Waals surface area contributed by atoms with Crippen molar-refractivity contribution in [1.29, 1.82) is 0 Å². The number of aromatic nitrogens is 2. The van der Waals surface area contributed by atoms with Crippen LogP contribution in [0.3, 0.4) is 0 Å². The SMILES string of the molecule is COc1ccc(C(=O)Cn2cc(C)cnc2=O)cc1F. The summed E-state index contributed by atoms with van der Waals surface area (Å²) in [6.07, 6.45) is 2.96. The minimum Gasteiger partial charge on any atom is -0.494 e. The van der Waals surface area contributed by atoms with Crippen LogP contribution in [-0.2, 0) is 6.54 Å². The van der Waals surface area contributed by atoms with Gasteiger partial charge in [-0.3, -0.25) is 9.36 Å². The van der Waals surface area contributed by atoms with Crippen molar-refractivity contribution in [3.63, 3.8) is 0 Å². The number of nitrogens with zero attached hydrogens (tertiary/aromatic N) is 2. The molecule has 0 unspecified atom stereocenters. The third-order valence-electron chi connectivity index (χ3n) is 2.77. The predicted molar refractivity (Wildman–Crippen MR) is 70.5 cm³/mol. The van der Waals surface area contributed by atoms with Gasteiger partial charge >= 0.3 is 5.69 Å². The van der Waals surface area contributed by atoms with Crippen LogP contribution in [0.5, 0.6) is 5.75 Å². The molecule has 0 aliphatic heterocycles. The zero-order valence-electron chi connectivity index (χ0n) is 11.1. The molecule has 0 fully saturated rings. The molecule has 0 radical (unpaired) electrons. The molecule has 0 saturated heterocycles. The summed E-state index contributed by atoms with van der Waals surface area (Å²) in [5, 5.41) is 0. The van der Waals surface area contributed by atoms with E-state index in [0.717, 1.165) is 11.6 Å². The van der Waals surface area contributed by atoms with Crippen LogP contribution in [0.15, 0.2) is 35.4 Å². The first kappa shape index (κ1) is 13.9. The lowest BCUT2D eigenvalue weighted by atomic mass is 10.1. The van der Waals surface area contributed by atoms with Gasteiger partial charge < -0.3 is 4.74 Å². The maximum atomic E-state index is 13.5. The summed E-state index contributed by atoms with van der Waals surface area (Å²) in [6, 6.07) is 3.92. The van der Waals surface area contributed by atoms with Gasteiger partial charge in [-0.05, 0) is 30.7 Å². The first-order valence-corrected chi connectivity index (χ1v) is 5.91. The molecule has 20 heavy (non-hydrogen) atoms. The van der Waals surface area contributed by atoms with Crippen LogP contribution in [-0.4, -0.2) is 22.4 Å². The van der Waals surface area contributed by atoms with Crippen molar-refractivity contribution >= 4 is 5.78 Å². The maximum Gasteiger partial charge on any atom is 0.347 e. The molecule has 0 amide bonds. The number of hydrogen-bond acceptors (Lipinski definition) is 4. The number of halogens is 1. The average Bonchev–Trinajstić information content (AvgIpc) is 2.42. The number of rotatable bonds is 4. The largest absolute Gasteiger partial charge is 0.494 e. The van der Waals surface area contributed by atoms with Crippen LogP contribution in [0.1, 0.15) is 15.9 Å². The summed E-state index contributed by atoms with van der Waals surface area (Å²) < 4.78 is 19.5. The van der Waals surface area contributed by atoms with Gasteiger partial charge in [0.2, 0.25) is 0 Å². The third-order valence-corrected chi connectivity index (χ3v) is 2.77. The highest BCUT2D eigenvalue weighted by molar-refractivity contribution is 5.96. The van der Waals surface area contributed by atoms with Crippen LogP contribution in [0.2, 0.25) is 0 Å². The van der Waals surface area contributed by atoms with Gasteiger partial charge in [0.15, 0.2) is 17.3 Å². The number of hydrogen-bond donors (Lipinski definition) is 0. The van der Waals surface area contributed by atoms with E-state index in [-0.39, 0.29) is 23.6 Å². The van der Waals surface area contributed by atoms with E-state index in [1.165, 1.54) is 36.2 Å². The molecule has 0 N–H and O–H groups in total. The Bertz CT molecular complexity index is 710. The maximum absolute atomic E-state index is 13.5. The fourth-order valence-electron chi connectivity index (χ4n) is 1.76. The van der Waals surface area contributed by atoms with Crippen molar-refractivity contribution in [2.45, 2.75) is 13.5 Å². The highest BCUT2D eigenvalue weighted by Crippen LogP contribution is 2.18. The van der Waals surface area contributed by atoms with Gasteiger partial charge in [-0.1, -0.05) is 0 Å². The van der Waals surface area contributed by atoms with Crippen molar-refractivity contribution in [3.8, 4) is 5.75 Å². The van der Waals surface area contributed by atoms with E-state index in [2.05, 4.69) is 4.98 Å². The van der Waals surface area contributed by atoms with Crippen LogP contribution in [0.25, 0.3) is 0 Å². The zero-order valence-corrected chi connectivity index (χ0v) is 11.1. The van der Waals surface area contributed by atoms with Crippen LogP contribution in [0, 0.1) is 12.7 Å². The van der Waals surface area contributed by atoms with E-state index in [9.17, 15) is 14.0 Å². The second-order valence-electron chi connectivity index (χ2n) is 4.31. The quantitative estimate of drug-likeness (QED) is 0.795. The summed E-state index contributed by atoms with van der Waals surface area (Å²) in [4.78, 5) is 27.2. The summed E-state index contributed by atoms with van der Waals surface area (Å²) in [5.41, 5.74) is 0.424. The lowest BCUT2D eigenvalue weighted by Crippen LogP contribution is -2.26. The minimum absolute atomic E-state index is 0.0657. The smallest absolute Gasteiger partial charge is 0.347 e. The molecule has 0 aliphatic carbocycles. The minimum atomic E-state index is -0.618. The molecule has 0 saturated carbocycles. The molecular formula is C14H13FN2O3. The molecule has 1 aromatic heterocycles. The molecular weight excluding hydrogens is 263 g/mol. The van der Waals surface area contributed by atoms with Gasteiger partial charge in [-0.25, -0.2) is 14.2 Å². The number of Topliss-reactive ketones (excluding diaryl/α,β-unsaturated/α-hetero) is 1. The number of benzene rings is 1. The zero-order chi connectivity index (χ0) is 14.7. The summed E-state index contributed by atoms with van der Waals surface area (Å²) in [7, 11) is 1.35. The van der Waals surface area contributed by atoms with E-state index < -0.39 is 11.5 Å². The van der Waals surface area contributed by atoms with Gasteiger partial charge in [0.05, 0.1) is 13.7 Å². The van der Waals surface area contributed by atoms with E-state index in [1.807, 2.05) is 0 Å². The predicted octanol–water partition coefficient (Wildman–Crippen LogP) is 1.58. The average molecular weight is 276 g/mol. The highest BCUT2D eigenvalue weighted by atomic mass is 19.1. The summed E-state index contributed by atoms with van der Waals surface area (Å²) in [6.45, 7) is 1.58. The second kappa shape index (κ2) is 5.64. The number of ketones is 1. The molecule has 1 heterocycles. The Balaban J connectivity index is 2.26. The number of carbonyl (C=O) groups excluding carboxylic acids is 1. The van der Waals surface area contributed by atoms with Gasteiger partial charge in [0.1, 0.15) is 0 Å². The van der Waals surface area contributed by atoms with Gasteiger partial charge in [0.25, 0.3) is 0 Å². The van der Waals surface area contributed by atoms with E-state index in [0.29, 0.717) is 0 Å². The number of ether oxygens (including phenoxy) is 1. The first-order chi connectivity index (χ1) is 9.51. The fraction of sp³-hybridized carbons (Fsp3) is 0.214. The molecule has 0 atom stereocenters. The topological polar surface area (TPSA) is 61.2 Å². The van der Waals surface area contributed by atoms with Gasteiger partial charge in [-0.2, -0.15) is 0 Å². The molecule has 0 bridgehead atoms. The molecule has 0 aliphatic rings. The van der Waals surface area contributed by atoms with E-state index in [4.69, 9.17) is 4.74 Å². The van der Waals surface area contributed by atoms with Crippen molar-refractivity contribution < 1.29 is 13.9 Å². The van der Waals surface area contributed by atoms with Crippen molar-refractivity contribution in [2.75, 3.05) is 7.11 Å². The molecule has 0 spiro atoms. The second-order valence-corrected chi connectivity index (χ2v) is 4.31. The molecule has 2 aromatic rings. The summed E-state index contributed by atoms with van der Waals surface area (Å²) >= 11 is 0. The Morgan fingerprint density at radius 3 is 2.85 bits per heavy atom. The fourth-order valence-corrected chi connectivity index (χ4v) is 1.76. The molecule has 6 heteroatoms. The van der Waals surface area contributed by atoms with Crippen molar-refractivity contribution in [2.24, 2.45) is 0 Å². The van der Waals surface area contributed by atoms with Crippen LogP contribution >= 0.6 is 0 Å². The number of aryl methyl sites for hydroxylation is 1. The molecule has 104 valence electrons. The Hall–Kier alpha value is -2.50. The Kier molecular flexibility index (Phi) is 3.93. The Labute approximate surface area is 114 Å². The Morgan fingerprint density at radius 2 is 2.20 bits per heavy atom. The van der Waals surface area contributed by atoms with E-state index >= 15 is 0 Å². The first-order valence-electron chi connectivity index (χ1n) is 5.91. The molecule has 1 aromatic carbocycles. The van der Waals surface area contributed by atoms with Crippen LogP contribution in [0.4, 0.5) is 4.39 Å². The summed E-state index contributed by atoms with van der Waals surface area (Å²) in [5.74, 6) is -0.926. The molecule has 2 rings (SSSR count). The molecule has 5 nitrogen and oxygen atoms in total. The lowest BCUT2D eigenvalue weighted by Gasteiger charge is -2.07. The van der Waals surface area contributed by atoms with Crippen molar-refractivity contribution in [1.82, 2.24) is 9.55 Å². The third kappa shape index (κ3) is 2.90. The highest BCUT2D eigenvalue weighted by Gasteiger charge is 2.11. The van der Waals surface area contributed by atoms with Gasteiger partial charge in [-0.15, -0.1) is 0 Å². The van der Waals surface area contributed by atoms with Crippen LogP contribution < -0.4 is 10.4 Å². The standard InChI is InChI=1S/C14H13FN2O3/c1-9-6-16-14(19)17(7-9)8-12(18)10-3-4-13(20-2)11(15)5-10/h3-7H,8H2,1-2H3. The van der Waals surface area contributed by atoms with E-state index in [1.54, 1.807) is 6.92 Å². The monoisotopic (exact) mass is 276 g/mol. The number of methoxy groups -OCH3 is 1.